The Kier molecular flexibility index (Phi) is 28.6. The highest BCUT2D eigenvalue weighted by atomic mass is 35.5. The lowest BCUT2D eigenvalue weighted by atomic mass is 9.76. The van der Waals surface area contributed by atoms with E-state index in [9.17, 15) is 15.3 Å². The summed E-state index contributed by atoms with van der Waals surface area (Å²) in [5.74, 6) is -2.18. The summed E-state index contributed by atoms with van der Waals surface area (Å²) in [6.45, 7) is 50.7. The van der Waals surface area contributed by atoms with Crippen molar-refractivity contribution in [1.82, 2.24) is 73.9 Å². The molecule has 9 rings (SSSR count). The molecular weight excluding hydrogens is 1630 g/mol. The number of carbonyl (C=O) groups is 3. The number of anilines is 3. The molecular formula is C78H126Cl3N18O13PS3. The largest absolute Gasteiger partial charge is 0.480 e. The molecule has 650 valence electrons. The summed E-state index contributed by atoms with van der Waals surface area (Å²) >= 11 is 25.4. The highest BCUT2D eigenvalue weighted by Gasteiger charge is 2.56. The number of amides is 3. The Morgan fingerprint density at radius 1 is 0.414 bits per heavy atom. The van der Waals surface area contributed by atoms with Gasteiger partial charge in [0.25, 0.3) is 17.7 Å². The third-order valence-corrected chi connectivity index (χ3v) is 27.6. The highest BCUT2D eigenvalue weighted by molar-refractivity contribution is 7.48. The van der Waals surface area contributed by atoms with Crippen LogP contribution in [0.25, 0.3) is 0 Å². The number of halogens is 3. The van der Waals surface area contributed by atoms with E-state index in [0.29, 0.717) is 86.4 Å². The lowest BCUT2D eigenvalue weighted by molar-refractivity contribution is -0.0558. The van der Waals surface area contributed by atoms with Gasteiger partial charge in [-0.2, -0.15) is 0 Å². The van der Waals surface area contributed by atoms with Gasteiger partial charge in [-0.1, -0.05) is 152 Å². The molecule has 0 aromatic carbocycles. The fourth-order valence-electron chi connectivity index (χ4n) is 16.8. The van der Waals surface area contributed by atoms with E-state index in [1.54, 1.807) is 77.6 Å². The molecule has 3 amide bonds. The minimum atomic E-state index is -5.24. The molecule has 0 saturated carbocycles. The van der Waals surface area contributed by atoms with Gasteiger partial charge in [0.05, 0.1) is 71.6 Å². The van der Waals surface area contributed by atoms with Crippen molar-refractivity contribution in [1.29, 1.82) is 0 Å². The monoisotopic (exact) mass is 1750 g/mol. The molecule has 3 saturated heterocycles. The number of aliphatic hydroxyl groups is 3. The number of ether oxygens (including phenoxy) is 3. The van der Waals surface area contributed by atoms with Crippen LogP contribution in [0.2, 0.25) is 15.5 Å². The van der Waals surface area contributed by atoms with E-state index in [4.69, 9.17) is 77.5 Å². The topological polar surface area (TPSA) is 335 Å². The smallest absolute Gasteiger partial charge is 0.383 e. The second kappa shape index (κ2) is 35.0. The zero-order valence-electron chi connectivity index (χ0n) is 73.5. The third kappa shape index (κ3) is 19.8. The fourth-order valence-corrected chi connectivity index (χ4v) is 21.5. The van der Waals surface area contributed by atoms with Gasteiger partial charge in [0.1, 0.15) is 52.0 Å². The predicted octanol–water partition coefficient (Wildman–Crippen LogP) is 14.4. The first-order valence-corrected chi connectivity index (χ1v) is 44.8. The third-order valence-electron chi connectivity index (χ3n) is 21.6. The molecule has 38 heteroatoms. The first-order chi connectivity index (χ1) is 53.3. The zero-order valence-corrected chi connectivity index (χ0v) is 79.1. The standard InChI is InChI=1S/C78H126Cl3N18O13PS3/c1-31-43-55(79)82-58(61(100)97(73(13,14)15)46-34-37-91(52(49(46)107-28)70(4,5)6)67-88-85-64(114-67)76(22,23)103)94(43)40-110-113(106,111-41-95-44(32-2)56(80)83-59(95)62(101)98(74(16,17)18)47-35-38-92(53(50(47)108-29)71(7,8)9)68-89-86-65(115-68)77(24,25)104)112-42-96-45(33-3)57(81)84-60(96)63(102)99(75(19,20)21)48-36-39-93(54(51(48)109-30)72(10,11)12)69-90-87-66(116-69)78(26,27)105/h46-54,103-105H,31-42H2,1-30H3/t46-,47-,48-,49+,50+,51+,52?,53?,54?,113?/m1/s1. The summed E-state index contributed by atoms with van der Waals surface area (Å²) in [6.07, 6.45) is -0.175. The molecule has 3 N–H and O–H groups in total. The number of hydrogen-bond donors (Lipinski definition) is 3. The van der Waals surface area contributed by atoms with Gasteiger partial charge >= 0.3 is 7.82 Å². The van der Waals surface area contributed by atoms with Crippen LogP contribution in [0.3, 0.4) is 0 Å². The second-order valence-electron chi connectivity index (χ2n) is 38.2. The van der Waals surface area contributed by atoms with Gasteiger partial charge in [0.15, 0.2) is 15.5 Å². The second-order valence-corrected chi connectivity index (χ2v) is 43.8. The molecule has 116 heavy (non-hydrogen) atoms. The molecule has 9 heterocycles. The van der Waals surface area contributed by atoms with Gasteiger partial charge in [-0.25, -0.2) is 19.5 Å². The molecule has 31 nitrogen and oxygen atoms in total. The number of methoxy groups -OCH3 is 3. The fraction of sp³-hybridized carbons (Fsp3) is 0.769. The Labute approximate surface area is 711 Å². The molecule has 6 aromatic rings. The van der Waals surface area contributed by atoms with Gasteiger partial charge in [-0.15, -0.1) is 30.6 Å². The Balaban J connectivity index is 1.14. The Morgan fingerprint density at radius 2 is 0.638 bits per heavy atom. The molecule has 3 unspecified atom stereocenters. The van der Waals surface area contributed by atoms with Crippen molar-refractivity contribution in [2.75, 3.05) is 55.7 Å². The number of carbonyl (C=O) groups excluding carboxylic acids is 3. The molecule has 3 aliphatic rings. The number of aromatic nitrogens is 12. The molecule has 9 atom stereocenters. The van der Waals surface area contributed by atoms with Gasteiger partial charge in [0, 0.05) is 57.6 Å². The SMILES string of the molecule is CCc1c(Cl)nc(C(=O)N([C@@H]2CCN(c3nnc(C(C)(C)O)s3)C(C(C)(C)C)[C@H]2OC)C(C)(C)C)n1COP(=O)(OCn1c(C(=O)N([C@@H]2CCN(c3nnc(C(C)(C)O)s3)C(C(C)(C)C)[C@H]2OC)C(C)(C)C)nc(Cl)c1CC)OCn1c(C(=O)N([C@@H]2CCN(c3nnc(C(C)(C)O)s3)C(C(C)(C)C)[C@H]2OC)C(C)(C)C)nc(Cl)c1CC. The summed E-state index contributed by atoms with van der Waals surface area (Å²) in [5.41, 5.74) is -6.95. The quantitative estimate of drug-likeness (QED) is 0.0403. The lowest BCUT2D eigenvalue weighted by Gasteiger charge is -2.54. The van der Waals surface area contributed by atoms with E-state index >= 15 is 18.9 Å². The summed E-state index contributed by atoms with van der Waals surface area (Å²) in [7, 11) is -0.376. The van der Waals surface area contributed by atoms with Crippen LogP contribution in [0.4, 0.5) is 15.4 Å². The Hall–Kier alpha value is -5.14. The van der Waals surface area contributed by atoms with Crippen molar-refractivity contribution >= 4 is 110 Å². The highest BCUT2D eigenvalue weighted by Crippen LogP contribution is 2.53. The van der Waals surface area contributed by atoms with Crippen LogP contribution in [-0.2, 0) is 88.6 Å². The van der Waals surface area contributed by atoms with E-state index in [2.05, 4.69) is 108 Å². The molecule has 0 spiro atoms. The average molecular weight is 1760 g/mol. The van der Waals surface area contributed by atoms with Crippen molar-refractivity contribution in [2.24, 2.45) is 16.2 Å². The number of nitrogens with zero attached hydrogens (tertiary/aromatic N) is 18. The zero-order chi connectivity index (χ0) is 87.0. The number of piperidine rings is 3. The first-order valence-electron chi connectivity index (χ1n) is 39.7. The molecule has 6 aromatic heterocycles. The van der Waals surface area contributed by atoms with E-state index in [-0.39, 0.29) is 52.2 Å². The number of hydrogen-bond acceptors (Lipinski definition) is 28. The van der Waals surface area contributed by atoms with E-state index in [1.807, 2.05) is 83.1 Å². The van der Waals surface area contributed by atoms with E-state index in [1.165, 1.54) is 47.7 Å². The summed E-state index contributed by atoms with van der Waals surface area (Å²) < 4.78 is 60.8. The average Bonchev–Trinajstić information content (AvgIpc) is 1.31. The van der Waals surface area contributed by atoms with Crippen LogP contribution in [0.15, 0.2) is 0 Å². The minimum Gasteiger partial charge on any atom is -0.383 e. The number of phosphoric ester groups is 1. The van der Waals surface area contributed by atoms with Gasteiger partial charge in [0.2, 0.25) is 32.9 Å². The van der Waals surface area contributed by atoms with Crippen LogP contribution in [0.1, 0.15) is 270 Å². The molecule has 3 aliphatic heterocycles. The number of rotatable bonds is 27. The normalized spacial score (nSPS) is 21.9. The maximum Gasteiger partial charge on any atom is 0.480 e. The van der Waals surface area contributed by atoms with Crippen LogP contribution in [-0.4, -0.2) is 219 Å². The first kappa shape index (κ1) is 94.7. The van der Waals surface area contributed by atoms with E-state index in [0.717, 1.165) is 0 Å². The molecule has 3 fully saturated rings. The number of imidazole rings is 3. The van der Waals surface area contributed by atoms with Crippen LogP contribution < -0.4 is 14.7 Å². The van der Waals surface area contributed by atoms with Crippen LogP contribution in [0.5, 0.6) is 0 Å². The molecule has 0 radical (unpaired) electrons. The van der Waals surface area contributed by atoms with Gasteiger partial charge in [-0.3, -0.25) is 41.7 Å². The summed E-state index contributed by atoms with van der Waals surface area (Å²) in [6, 6.07) is -2.99. The predicted molar refractivity (Wildman–Crippen MR) is 453 cm³/mol. The van der Waals surface area contributed by atoms with Crippen molar-refractivity contribution in [3.63, 3.8) is 0 Å². The van der Waals surface area contributed by atoms with Gasteiger partial charge < -0.3 is 58.9 Å². The van der Waals surface area contributed by atoms with Crippen molar-refractivity contribution < 1.29 is 62.1 Å². The Morgan fingerprint density at radius 3 is 0.810 bits per heavy atom. The van der Waals surface area contributed by atoms with E-state index < -0.39 is 150 Å². The molecule has 0 aliphatic carbocycles. The Bertz CT molecular complexity index is 4050. The van der Waals surface area contributed by atoms with Crippen molar-refractivity contribution in [3.8, 4) is 0 Å². The van der Waals surface area contributed by atoms with Crippen molar-refractivity contribution in [2.45, 2.75) is 334 Å². The maximum atomic E-state index is 16.8. The lowest BCUT2D eigenvalue weighted by Crippen LogP contribution is -2.67. The minimum absolute atomic E-state index is 0.0282. The summed E-state index contributed by atoms with van der Waals surface area (Å²) in [5, 5.41) is 62.9. The van der Waals surface area contributed by atoms with Gasteiger partial charge in [-0.05, 0) is 159 Å². The number of phosphoric acid groups is 1. The maximum absolute atomic E-state index is 16.8. The van der Waals surface area contributed by atoms with Crippen LogP contribution in [0, 0.1) is 16.2 Å². The summed E-state index contributed by atoms with van der Waals surface area (Å²) in [4.78, 5) is 74.7. The van der Waals surface area contributed by atoms with Crippen molar-refractivity contribution in [3.05, 3.63) is 65.0 Å². The van der Waals surface area contributed by atoms with Crippen LogP contribution >= 0.6 is 76.6 Å². The molecule has 0 bridgehead atoms.